The molecule has 1 fully saturated rings. The SMILES string of the molecule is O=c1[nH]c(-c2ccc(C3(O)CCCC3)cc2)nn2cccc12. The molecule has 0 spiro atoms. The third-order valence-corrected chi connectivity index (χ3v) is 4.53. The zero-order chi connectivity index (χ0) is 15.2. The summed E-state index contributed by atoms with van der Waals surface area (Å²) in [6.07, 6.45) is 5.52. The first kappa shape index (κ1) is 13.3. The van der Waals surface area contributed by atoms with Crippen molar-refractivity contribution >= 4 is 5.52 Å². The van der Waals surface area contributed by atoms with Gasteiger partial charge in [0.15, 0.2) is 5.82 Å². The third kappa shape index (κ3) is 2.05. The number of hydrogen-bond donors (Lipinski definition) is 2. The maximum atomic E-state index is 12.0. The Kier molecular flexibility index (Phi) is 2.90. The molecule has 2 N–H and O–H groups in total. The van der Waals surface area contributed by atoms with Gasteiger partial charge in [-0.25, -0.2) is 4.52 Å². The molecule has 0 bridgehead atoms. The van der Waals surface area contributed by atoms with Crippen molar-refractivity contribution in [3.63, 3.8) is 0 Å². The molecule has 4 rings (SSSR count). The van der Waals surface area contributed by atoms with Crippen molar-refractivity contribution in [3.8, 4) is 11.4 Å². The molecule has 5 nitrogen and oxygen atoms in total. The largest absolute Gasteiger partial charge is 0.385 e. The average molecular weight is 295 g/mol. The lowest BCUT2D eigenvalue weighted by atomic mass is 9.91. The Morgan fingerprint density at radius 3 is 2.59 bits per heavy atom. The quantitative estimate of drug-likeness (QED) is 0.763. The number of aliphatic hydroxyl groups is 1. The van der Waals surface area contributed by atoms with Crippen LogP contribution < -0.4 is 5.56 Å². The van der Waals surface area contributed by atoms with E-state index in [4.69, 9.17) is 0 Å². The fourth-order valence-corrected chi connectivity index (χ4v) is 3.26. The summed E-state index contributed by atoms with van der Waals surface area (Å²) in [4.78, 5) is 14.8. The van der Waals surface area contributed by atoms with Gasteiger partial charge in [-0.1, -0.05) is 37.1 Å². The van der Waals surface area contributed by atoms with Crippen LogP contribution in [0.4, 0.5) is 0 Å². The van der Waals surface area contributed by atoms with E-state index in [1.807, 2.05) is 24.3 Å². The van der Waals surface area contributed by atoms with Crippen LogP contribution in [0, 0.1) is 0 Å². The highest BCUT2D eigenvalue weighted by atomic mass is 16.3. The number of fused-ring (bicyclic) bond motifs is 1. The van der Waals surface area contributed by atoms with Gasteiger partial charge in [0.2, 0.25) is 0 Å². The van der Waals surface area contributed by atoms with Gasteiger partial charge in [0.05, 0.1) is 5.60 Å². The topological polar surface area (TPSA) is 70.4 Å². The minimum Gasteiger partial charge on any atom is -0.385 e. The van der Waals surface area contributed by atoms with E-state index in [1.54, 1.807) is 22.8 Å². The second-order valence-corrected chi connectivity index (χ2v) is 5.96. The Hall–Kier alpha value is -2.40. The first-order chi connectivity index (χ1) is 10.7. The molecule has 0 saturated heterocycles. The van der Waals surface area contributed by atoms with E-state index >= 15 is 0 Å². The van der Waals surface area contributed by atoms with Gasteiger partial charge in [-0.15, -0.1) is 5.10 Å². The van der Waals surface area contributed by atoms with Gasteiger partial charge in [-0.05, 0) is 30.5 Å². The summed E-state index contributed by atoms with van der Waals surface area (Å²) >= 11 is 0. The molecule has 2 heterocycles. The molecule has 22 heavy (non-hydrogen) atoms. The highest BCUT2D eigenvalue weighted by Gasteiger charge is 2.32. The molecule has 0 aliphatic heterocycles. The molecule has 1 saturated carbocycles. The third-order valence-electron chi connectivity index (χ3n) is 4.53. The Morgan fingerprint density at radius 2 is 1.86 bits per heavy atom. The number of aromatic amines is 1. The van der Waals surface area contributed by atoms with Gasteiger partial charge in [0.25, 0.3) is 5.56 Å². The molecule has 1 aliphatic carbocycles. The smallest absolute Gasteiger partial charge is 0.275 e. The summed E-state index contributed by atoms with van der Waals surface area (Å²) in [5.41, 5.74) is 1.45. The van der Waals surface area contributed by atoms with Crippen molar-refractivity contribution in [1.82, 2.24) is 14.6 Å². The number of H-pyrrole nitrogens is 1. The van der Waals surface area contributed by atoms with Crippen LogP contribution in [0.15, 0.2) is 47.4 Å². The van der Waals surface area contributed by atoms with E-state index < -0.39 is 5.60 Å². The molecule has 1 aliphatic rings. The summed E-state index contributed by atoms with van der Waals surface area (Å²) in [7, 11) is 0. The van der Waals surface area contributed by atoms with Crippen LogP contribution in [-0.4, -0.2) is 19.7 Å². The number of benzene rings is 1. The van der Waals surface area contributed by atoms with Crippen molar-refractivity contribution < 1.29 is 5.11 Å². The monoisotopic (exact) mass is 295 g/mol. The predicted octanol–water partition coefficient (Wildman–Crippen LogP) is 2.45. The molecular weight excluding hydrogens is 278 g/mol. The molecule has 5 heteroatoms. The number of aromatic nitrogens is 3. The Morgan fingerprint density at radius 1 is 1.14 bits per heavy atom. The first-order valence-corrected chi connectivity index (χ1v) is 7.57. The lowest BCUT2D eigenvalue weighted by molar-refractivity contribution is 0.0445. The van der Waals surface area contributed by atoms with E-state index in [2.05, 4.69) is 10.1 Å². The van der Waals surface area contributed by atoms with E-state index in [1.165, 1.54) is 0 Å². The molecule has 3 aromatic rings. The van der Waals surface area contributed by atoms with Crippen molar-refractivity contribution in [2.75, 3.05) is 0 Å². The molecular formula is C17H17N3O2. The van der Waals surface area contributed by atoms with Crippen LogP contribution in [-0.2, 0) is 5.60 Å². The number of hydrogen-bond acceptors (Lipinski definition) is 3. The maximum absolute atomic E-state index is 12.0. The van der Waals surface area contributed by atoms with Gasteiger partial charge in [0, 0.05) is 11.8 Å². The summed E-state index contributed by atoms with van der Waals surface area (Å²) in [6.45, 7) is 0. The second-order valence-electron chi connectivity index (χ2n) is 5.96. The van der Waals surface area contributed by atoms with Gasteiger partial charge in [-0.2, -0.15) is 0 Å². The molecule has 2 aromatic heterocycles. The Bertz CT molecular complexity index is 871. The standard InChI is InChI=1S/C17H17N3O2/c21-16-14-4-3-11-20(14)19-15(18-16)12-5-7-13(8-6-12)17(22)9-1-2-10-17/h3-8,11,22H,1-2,9-10H2,(H,18,19,21). The van der Waals surface area contributed by atoms with E-state index in [0.717, 1.165) is 36.8 Å². The predicted molar refractivity (Wildman–Crippen MR) is 83.6 cm³/mol. The average Bonchev–Trinajstić information content (AvgIpc) is 3.17. The van der Waals surface area contributed by atoms with Crippen molar-refractivity contribution in [1.29, 1.82) is 0 Å². The van der Waals surface area contributed by atoms with Crippen LogP contribution >= 0.6 is 0 Å². The van der Waals surface area contributed by atoms with Gasteiger partial charge in [-0.3, -0.25) is 4.79 Å². The summed E-state index contributed by atoms with van der Waals surface area (Å²) in [6, 6.07) is 11.2. The molecule has 0 unspecified atom stereocenters. The van der Waals surface area contributed by atoms with E-state index in [0.29, 0.717) is 11.3 Å². The zero-order valence-corrected chi connectivity index (χ0v) is 12.1. The molecule has 0 radical (unpaired) electrons. The minimum absolute atomic E-state index is 0.159. The normalized spacial score (nSPS) is 17.1. The lowest BCUT2D eigenvalue weighted by Gasteiger charge is -2.22. The molecule has 112 valence electrons. The van der Waals surface area contributed by atoms with Crippen molar-refractivity contribution in [2.24, 2.45) is 0 Å². The highest BCUT2D eigenvalue weighted by molar-refractivity contribution is 5.57. The Labute approximate surface area is 127 Å². The van der Waals surface area contributed by atoms with Crippen LogP contribution in [0.3, 0.4) is 0 Å². The molecule has 0 amide bonds. The lowest BCUT2D eigenvalue weighted by Crippen LogP contribution is -2.20. The Balaban J connectivity index is 1.74. The minimum atomic E-state index is -0.691. The number of nitrogens with zero attached hydrogens (tertiary/aromatic N) is 2. The summed E-state index contributed by atoms with van der Waals surface area (Å²) < 4.78 is 1.58. The maximum Gasteiger partial charge on any atom is 0.275 e. The van der Waals surface area contributed by atoms with Crippen LogP contribution in [0.2, 0.25) is 0 Å². The summed E-state index contributed by atoms with van der Waals surface area (Å²) in [5.74, 6) is 0.527. The second kappa shape index (κ2) is 4.81. The number of nitrogens with one attached hydrogen (secondary N) is 1. The first-order valence-electron chi connectivity index (χ1n) is 7.57. The van der Waals surface area contributed by atoms with Crippen LogP contribution in [0.1, 0.15) is 31.2 Å². The van der Waals surface area contributed by atoms with Gasteiger partial charge >= 0.3 is 0 Å². The fourth-order valence-electron chi connectivity index (χ4n) is 3.26. The summed E-state index contributed by atoms with van der Waals surface area (Å²) in [5, 5.41) is 15.0. The van der Waals surface area contributed by atoms with Crippen molar-refractivity contribution in [2.45, 2.75) is 31.3 Å². The van der Waals surface area contributed by atoms with Crippen LogP contribution in [0.5, 0.6) is 0 Å². The highest BCUT2D eigenvalue weighted by Crippen LogP contribution is 2.38. The molecule has 1 aromatic carbocycles. The van der Waals surface area contributed by atoms with Gasteiger partial charge in [0.1, 0.15) is 5.52 Å². The molecule has 0 atom stereocenters. The van der Waals surface area contributed by atoms with E-state index in [9.17, 15) is 9.90 Å². The van der Waals surface area contributed by atoms with Crippen LogP contribution in [0.25, 0.3) is 16.9 Å². The van der Waals surface area contributed by atoms with Gasteiger partial charge < -0.3 is 10.1 Å². The fraction of sp³-hybridized carbons (Fsp3) is 0.294. The van der Waals surface area contributed by atoms with Crippen molar-refractivity contribution in [3.05, 3.63) is 58.5 Å². The van der Waals surface area contributed by atoms with E-state index in [-0.39, 0.29) is 5.56 Å². The zero-order valence-electron chi connectivity index (χ0n) is 12.1. The number of rotatable bonds is 2.